The first-order chi connectivity index (χ1) is 9.69. The van der Waals surface area contributed by atoms with Crippen molar-refractivity contribution in [2.24, 2.45) is 11.7 Å². The third kappa shape index (κ3) is 3.10. The molecule has 0 aliphatic carbocycles. The van der Waals surface area contributed by atoms with Crippen LogP contribution in [0.3, 0.4) is 0 Å². The molecule has 1 heterocycles. The summed E-state index contributed by atoms with van der Waals surface area (Å²) in [5.41, 5.74) is 8.12. The van der Waals surface area contributed by atoms with Gasteiger partial charge >= 0.3 is 0 Å². The summed E-state index contributed by atoms with van der Waals surface area (Å²) in [6.07, 6.45) is 1.19. The van der Waals surface area contributed by atoms with Gasteiger partial charge in [-0.25, -0.2) is 4.98 Å². The van der Waals surface area contributed by atoms with Crippen molar-refractivity contribution in [1.82, 2.24) is 4.98 Å². The Labute approximate surface area is 121 Å². The second-order valence-electron chi connectivity index (χ2n) is 5.41. The summed E-state index contributed by atoms with van der Waals surface area (Å²) in [4.78, 5) is 7.16. The predicted molar refractivity (Wildman–Crippen MR) is 87.0 cm³/mol. The van der Waals surface area contributed by atoms with Gasteiger partial charge in [0.25, 0.3) is 0 Å². The summed E-state index contributed by atoms with van der Waals surface area (Å²) in [5, 5.41) is 1.17. The first-order valence-corrected chi connectivity index (χ1v) is 7.53. The number of nitrogens with two attached hydrogens (primary N) is 1. The summed E-state index contributed by atoms with van der Waals surface area (Å²) in [6, 6.07) is 10.4. The van der Waals surface area contributed by atoms with Crippen molar-refractivity contribution in [3.05, 3.63) is 35.9 Å². The van der Waals surface area contributed by atoms with Gasteiger partial charge in [0, 0.05) is 25.0 Å². The zero-order valence-corrected chi connectivity index (χ0v) is 12.8. The number of anilines is 1. The van der Waals surface area contributed by atoms with Crippen LogP contribution in [0.2, 0.25) is 0 Å². The van der Waals surface area contributed by atoms with Crippen molar-refractivity contribution in [3.8, 4) is 0 Å². The summed E-state index contributed by atoms with van der Waals surface area (Å²) < 4.78 is 0. The molecule has 1 aromatic heterocycles. The molecule has 0 aliphatic rings. The minimum Gasteiger partial charge on any atom is -0.357 e. The largest absolute Gasteiger partial charge is 0.357 e. The molecule has 108 valence electrons. The van der Waals surface area contributed by atoms with Gasteiger partial charge in [-0.2, -0.15) is 0 Å². The lowest BCUT2D eigenvalue weighted by Crippen LogP contribution is -2.29. The molecule has 1 aromatic carbocycles. The molecule has 0 radical (unpaired) electrons. The van der Waals surface area contributed by atoms with Crippen molar-refractivity contribution in [1.29, 1.82) is 0 Å². The maximum absolute atomic E-state index is 5.91. The van der Waals surface area contributed by atoms with E-state index in [0.717, 1.165) is 24.4 Å². The third-order valence-corrected chi connectivity index (χ3v) is 3.94. The first kappa shape index (κ1) is 14.8. The summed E-state index contributed by atoms with van der Waals surface area (Å²) in [5.74, 6) is 1.72. The van der Waals surface area contributed by atoms with Crippen LogP contribution >= 0.6 is 0 Å². The van der Waals surface area contributed by atoms with E-state index in [1.165, 1.54) is 17.4 Å². The fourth-order valence-electron chi connectivity index (χ4n) is 2.45. The van der Waals surface area contributed by atoms with Crippen molar-refractivity contribution in [3.63, 3.8) is 0 Å². The molecule has 2 N–H and O–H groups in total. The molecule has 0 fully saturated rings. The number of aromatic nitrogens is 1. The fraction of sp³-hybridized carbons (Fsp3) is 0.471. The maximum Gasteiger partial charge on any atom is 0.129 e. The zero-order chi connectivity index (χ0) is 14.5. The highest BCUT2D eigenvalue weighted by molar-refractivity contribution is 5.84. The highest BCUT2D eigenvalue weighted by Gasteiger charge is 2.12. The van der Waals surface area contributed by atoms with Crippen molar-refractivity contribution in [2.45, 2.75) is 33.7 Å². The zero-order valence-electron chi connectivity index (χ0n) is 12.8. The fourth-order valence-corrected chi connectivity index (χ4v) is 2.45. The summed E-state index contributed by atoms with van der Waals surface area (Å²) in [6.45, 7) is 9.27. The normalized spacial score (nSPS) is 12.6. The lowest BCUT2D eigenvalue weighted by Gasteiger charge is -2.26. The van der Waals surface area contributed by atoms with E-state index in [2.05, 4.69) is 43.9 Å². The van der Waals surface area contributed by atoms with Gasteiger partial charge < -0.3 is 10.6 Å². The van der Waals surface area contributed by atoms with Crippen LogP contribution in [0.25, 0.3) is 10.9 Å². The second-order valence-corrected chi connectivity index (χ2v) is 5.41. The van der Waals surface area contributed by atoms with Crippen molar-refractivity contribution < 1.29 is 0 Å². The maximum atomic E-state index is 5.91. The minimum atomic E-state index is 0.552. The molecular weight excluding hydrogens is 246 g/mol. The topological polar surface area (TPSA) is 42.1 Å². The quantitative estimate of drug-likeness (QED) is 0.873. The number of fused-ring (bicyclic) bond motifs is 1. The molecule has 0 amide bonds. The molecule has 3 heteroatoms. The molecule has 0 bridgehead atoms. The highest BCUT2D eigenvalue weighted by Crippen LogP contribution is 2.23. The molecule has 2 aromatic rings. The van der Waals surface area contributed by atoms with E-state index in [1.54, 1.807) is 0 Å². The summed E-state index contributed by atoms with van der Waals surface area (Å²) in [7, 11) is 0. The lowest BCUT2D eigenvalue weighted by molar-refractivity contribution is 0.546. The number of hydrogen-bond donors (Lipinski definition) is 1. The number of rotatable bonds is 6. The van der Waals surface area contributed by atoms with Crippen molar-refractivity contribution >= 4 is 16.7 Å². The Balaban J connectivity index is 2.42. The molecule has 0 saturated carbocycles. The molecule has 20 heavy (non-hydrogen) atoms. The SMILES string of the molecule is CCC(C)CN(CC)c1cc(CN)c2ccccc2n1. The molecule has 3 nitrogen and oxygen atoms in total. The highest BCUT2D eigenvalue weighted by atomic mass is 15.2. The Hall–Kier alpha value is -1.61. The third-order valence-electron chi connectivity index (χ3n) is 3.94. The van der Waals surface area contributed by atoms with Gasteiger partial charge in [-0.05, 0) is 30.5 Å². The molecule has 0 aliphatic heterocycles. The van der Waals surface area contributed by atoms with Crippen LogP contribution in [-0.2, 0) is 6.54 Å². The van der Waals surface area contributed by atoms with Crippen LogP contribution in [0.4, 0.5) is 5.82 Å². The smallest absolute Gasteiger partial charge is 0.129 e. The molecule has 2 rings (SSSR count). The monoisotopic (exact) mass is 271 g/mol. The predicted octanol–water partition coefficient (Wildman–Crippen LogP) is 3.57. The Morgan fingerprint density at radius 1 is 1.25 bits per heavy atom. The number of benzene rings is 1. The van der Waals surface area contributed by atoms with E-state index in [9.17, 15) is 0 Å². The van der Waals surface area contributed by atoms with Crippen LogP contribution < -0.4 is 10.6 Å². The van der Waals surface area contributed by atoms with Gasteiger partial charge in [-0.3, -0.25) is 0 Å². The standard InChI is InChI=1S/C17H25N3/c1-4-13(3)12-20(5-2)17-10-14(11-18)15-8-6-7-9-16(15)19-17/h6-10,13H,4-5,11-12,18H2,1-3H3. The molecule has 1 atom stereocenters. The van der Waals surface area contributed by atoms with Crippen molar-refractivity contribution in [2.75, 3.05) is 18.0 Å². The number of para-hydroxylation sites is 1. The Bertz CT molecular complexity index is 565. The average molecular weight is 271 g/mol. The molecule has 0 spiro atoms. The first-order valence-electron chi connectivity index (χ1n) is 7.53. The van der Waals surface area contributed by atoms with E-state index in [-0.39, 0.29) is 0 Å². The number of nitrogens with zero attached hydrogens (tertiary/aromatic N) is 2. The van der Waals surface area contributed by atoms with E-state index in [1.807, 2.05) is 12.1 Å². The average Bonchev–Trinajstić information content (AvgIpc) is 2.51. The molecule has 0 saturated heterocycles. The summed E-state index contributed by atoms with van der Waals surface area (Å²) >= 11 is 0. The minimum absolute atomic E-state index is 0.552. The van der Waals surface area contributed by atoms with E-state index < -0.39 is 0 Å². The number of pyridine rings is 1. The van der Waals surface area contributed by atoms with Gasteiger partial charge in [0.1, 0.15) is 5.82 Å². The van der Waals surface area contributed by atoms with Crippen LogP contribution in [-0.4, -0.2) is 18.1 Å². The number of hydrogen-bond acceptors (Lipinski definition) is 3. The van der Waals surface area contributed by atoms with E-state index in [0.29, 0.717) is 12.5 Å². The van der Waals surface area contributed by atoms with Crippen LogP contribution in [0.1, 0.15) is 32.8 Å². The van der Waals surface area contributed by atoms with Gasteiger partial charge in [0.2, 0.25) is 0 Å². The molecular formula is C17H25N3. The second kappa shape index (κ2) is 6.71. The van der Waals surface area contributed by atoms with Gasteiger partial charge in [-0.1, -0.05) is 38.5 Å². The van der Waals surface area contributed by atoms with Gasteiger partial charge in [-0.15, -0.1) is 0 Å². The lowest BCUT2D eigenvalue weighted by atomic mass is 10.1. The molecule has 1 unspecified atom stereocenters. The van der Waals surface area contributed by atoms with Crippen LogP contribution in [0.5, 0.6) is 0 Å². The van der Waals surface area contributed by atoms with E-state index >= 15 is 0 Å². The van der Waals surface area contributed by atoms with E-state index in [4.69, 9.17) is 10.7 Å². The van der Waals surface area contributed by atoms with Gasteiger partial charge in [0.05, 0.1) is 5.52 Å². The van der Waals surface area contributed by atoms with Crippen LogP contribution in [0, 0.1) is 5.92 Å². The Morgan fingerprint density at radius 3 is 2.65 bits per heavy atom. The Kier molecular flexibility index (Phi) is 4.96. The van der Waals surface area contributed by atoms with Gasteiger partial charge in [0.15, 0.2) is 0 Å². The Morgan fingerprint density at radius 2 is 2.00 bits per heavy atom. The van der Waals surface area contributed by atoms with Crippen LogP contribution in [0.15, 0.2) is 30.3 Å².